The summed E-state index contributed by atoms with van der Waals surface area (Å²) in [6, 6.07) is 8.75. The van der Waals surface area contributed by atoms with Crippen molar-refractivity contribution in [1.82, 2.24) is 4.31 Å². The van der Waals surface area contributed by atoms with Gasteiger partial charge in [-0.05, 0) is 42.5 Å². The average Bonchev–Trinajstić information content (AvgIpc) is 2.57. The summed E-state index contributed by atoms with van der Waals surface area (Å²) >= 11 is 5.91. The number of carbonyl (C=O) groups excluding carboxylic acids is 2. The van der Waals surface area contributed by atoms with Gasteiger partial charge in [-0.3, -0.25) is 9.59 Å². The molecule has 7 nitrogen and oxygen atoms in total. The molecule has 2 rings (SSSR count). The smallest absolute Gasteiger partial charge is 0.243 e. The fourth-order valence-corrected chi connectivity index (χ4v) is 3.48. The van der Waals surface area contributed by atoms with E-state index in [2.05, 4.69) is 10.6 Å². The summed E-state index contributed by atoms with van der Waals surface area (Å²) in [6.07, 6.45) is 0. The van der Waals surface area contributed by atoms with Crippen molar-refractivity contribution in [3.8, 4) is 0 Å². The van der Waals surface area contributed by atoms with Gasteiger partial charge in [0.05, 0.1) is 22.8 Å². The lowest BCUT2D eigenvalue weighted by Crippen LogP contribution is -2.35. The Labute approximate surface area is 161 Å². The van der Waals surface area contributed by atoms with Gasteiger partial charge in [0.25, 0.3) is 0 Å². The minimum absolute atomic E-state index is 0.138. The summed E-state index contributed by atoms with van der Waals surface area (Å²) in [7, 11) is -2.74. The van der Waals surface area contributed by atoms with Crippen molar-refractivity contribution in [1.29, 1.82) is 0 Å². The highest BCUT2D eigenvalue weighted by Gasteiger charge is 2.23. The summed E-state index contributed by atoms with van der Waals surface area (Å²) in [6.45, 7) is 0.814. The minimum atomic E-state index is -3.97. The van der Waals surface area contributed by atoms with Crippen LogP contribution in [0.5, 0.6) is 0 Å². The molecule has 0 aliphatic heterocycles. The zero-order chi connectivity index (χ0) is 20.2. The Bertz CT molecular complexity index is 965. The largest absolute Gasteiger partial charge is 0.325 e. The lowest BCUT2D eigenvalue weighted by Gasteiger charge is -2.18. The predicted molar refractivity (Wildman–Crippen MR) is 101 cm³/mol. The third kappa shape index (κ3) is 5.49. The summed E-state index contributed by atoms with van der Waals surface area (Å²) in [5.41, 5.74) is 0.555. The highest BCUT2D eigenvalue weighted by molar-refractivity contribution is 7.89. The second kappa shape index (κ2) is 8.47. The van der Waals surface area contributed by atoms with E-state index in [1.165, 1.54) is 32.2 Å². The van der Waals surface area contributed by atoms with Crippen molar-refractivity contribution >= 4 is 44.8 Å². The number of nitrogens with one attached hydrogen (secondary N) is 2. The fraction of sp³-hybridized carbons (Fsp3) is 0.176. The van der Waals surface area contributed by atoms with Gasteiger partial charge in [-0.1, -0.05) is 11.6 Å². The van der Waals surface area contributed by atoms with E-state index in [0.29, 0.717) is 10.7 Å². The van der Waals surface area contributed by atoms with Crippen LogP contribution in [-0.2, 0) is 19.6 Å². The van der Waals surface area contributed by atoms with Crippen LogP contribution < -0.4 is 10.6 Å². The summed E-state index contributed by atoms with van der Waals surface area (Å²) in [5.74, 6) is -1.55. The number of rotatable bonds is 6. The molecule has 0 atom stereocenters. The third-order valence-corrected chi connectivity index (χ3v) is 5.51. The van der Waals surface area contributed by atoms with E-state index in [0.717, 1.165) is 28.6 Å². The molecule has 27 heavy (non-hydrogen) atoms. The minimum Gasteiger partial charge on any atom is -0.325 e. The van der Waals surface area contributed by atoms with Gasteiger partial charge in [0, 0.05) is 19.0 Å². The Hall–Kier alpha value is -2.49. The lowest BCUT2D eigenvalue weighted by atomic mass is 10.2. The van der Waals surface area contributed by atoms with Gasteiger partial charge in [-0.2, -0.15) is 4.31 Å². The van der Waals surface area contributed by atoms with Crippen molar-refractivity contribution in [2.24, 2.45) is 0 Å². The van der Waals surface area contributed by atoms with Gasteiger partial charge in [0.15, 0.2) is 0 Å². The van der Waals surface area contributed by atoms with Crippen molar-refractivity contribution < 1.29 is 22.4 Å². The van der Waals surface area contributed by atoms with Crippen LogP contribution in [0.3, 0.4) is 0 Å². The Balaban J connectivity index is 2.14. The molecule has 0 unspecified atom stereocenters. The van der Waals surface area contributed by atoms with Crippen LogP contribution in [-0.4, -0.2) is 38.1 Å². The van der Waals surface area contributed by atoms with Crippen LogP contribution in [0.2, 0.25) is 5.02 Å². The van der Waals surface area contributed by atoms with E-state index in [9.17, 15) is 22.4 Å². The molecule has 10 heteroatoms. The maximum absolute atomic E-state index is 13.0. The molecule has 0 radical (unpaired) electrons. The molecule has 0 bridgehead atoms. The summed E-state index contributed by atoms with van der Waals surface area (Å²) < 4.78 is 38.7. The van der Waals surface area contributed by atoms with Crippen LogP contribution in [0.15, 0.2) is 47.4 Å². The summed E-state index contributed by atoms with van der Waals surface area (Å²) in [5, 5.41) is 5.38. The van der Waals surface area contributed by atoms with Gasteiger partial charge in [-0.15, -0.1) is 0 Å². The molecule has 0 spiro atoms. The number of likely N-dealkylation sites (N-methyl/N-ethyl adjacent to an activating group) is 1. The first-order chi connectivity index (χ1) is 12.6. The molecule has 0 heterocycles. The van der Waals surface area contributed by atoms with Crippen molar-refractivity contribution in [3.63, 3.8) is 0 Å². The zero-order valence-corrected chi connectivity index (χ0v) is 16.1. The second-order valence-corrected chi connectivity index (χ2v) is 8.12. The summed E-state index contributed by atoms with van der Waals surface area (Å²) in [4.78, 5) is 23.4. The Morgan fingerprint density at radius 2 is 1.70 bits per heavy atom. The van der Waals surface area contributed by atoms with Crippen molar-refractivity contribution in [3.05, 3.63) is 53.3 Å². The highest BCUT2D eigenvalue weighted by atomic mass is 35.5. The number of nitrogens with zero attached hydrogens (tertiary/aromatic N) is 1. The van der Waals surface area contributed by atoms with E-state index in [1.807, 2.05) is 0 Å². The van der Waals surface area contributed by atoms with E-state index in [4.69, 9.17) is 11.6 Å². The number of sulfonamides is 1. The lowest BCUT2D eigenvalue weighted by molar-refractivity contribution is -0.116. The van der Waals surface area contributed by atoms with Gasteiger partial charge < -0.3 is 10.6 Å². The molecule has 0 aliphatic carbocycles. The van der Waals surface area contributed by atoms with Crippen LogP contribution in [0, 0.1) is 5.82 Å². The second-order valence-electron chi connectivity index (χ2n) is 5.63. The SMILES string of the molecule is CC(=O)Nc1ccc(Cl)cc1NC(=O)CN(C)S(=O)(=O)c1ccc(F)cc1. The van der Waals surface area contributed by atoms with Gasteiger partial charge in [0.1, 0.15) is 5.82 Å². The Morgan fingerprint density at radius 3 is 2.30 bits per heavy atom. The topological polar surface area (TPSA) is 95.6 Å². The molecule has 0 fully saturated rings. The number of benzene rings is 2. The number of halogens is 2. The van der Waals surface area contributed by atoms with Crippen LogP contribution in [0.4, 0.5) is 15.8 Å². The molecule has 2 N–H and O–H groups in total. The molecule has 2 amide bonds. The van der Waals surface area contributed by atoms with Gasteiger partial charge in [0.2, 0.25) is 21.8 Å². The quantitative estimate of drug-likeness (QED) is 0.761. The first-order valence-corrected chi connectivity index (χ1v) is 9.50. The molecular weight excluding hydrogens is 397 g/mol. The Kier molecular flexibility index (Phi) is 6.53. The molecule has 0 aliphatic rings. The molecule has 2 aromatic carbocycles. The van der Waals surface area contributed by atoms with Crippen molar-refractivity contribution in [2.75, 3.05) is 24.2 Å². The molecule has 0 aromatic heterocycles. The number of hydrogen-bond donors (Lipinski definition) is 2. The normalized spacial score (nSPS) is 11.3. The van der Waals surface area contributed by atoms with E-state index in [1.54, 1.807) is 0 Å². The van der Waals surface area contributed by atoms with E-state index in [-0.39, 0.29) is 16.5 Å². The van der Waals surface area contributed by atoms with Crippen LogP contribution in [0.1, 0.15) is 6.92 Å². The zero-order valence-electron chi connectivity index (χ0n) is 14.5. The molecule has 0 saturated carbocycles. The highest BCUT2D eigenvalue weighted by Crippen LogP contribution is 2.26. The first kappa shape index (κ1) is 20.8. The fourth-order valence-electron chi connectivity index (χ4n) is 2.18. The van der Waals surface area contributed by atoms with Gasteiger partial charge >= 0.3 is 0 Å². The average molecular weight is 414 g/mol. The molecule has 0 saturated heterocycles. The Morgan fingerprint density at radius 1 is 1.07 bits per heavy atom. The molecular formula is C17H17ClFN3O4S. The first-order valence-electron chi connectivity index (χ1n) is 7.68. The van der Waals surface area contributed by atoms with Crippen LogP contribution >= 0.6 is 11.6 Å². The van der Waals surface area contributed by atoms with Crippen LogP contribution in [0.25, 0.3) is 0 Å². The maximum Gasteiger partial charge on any atom is 0.243 e. The molecule has 144 valence electrons. The number of anilines is 2. The van der Waals surface area contributed by atoms with Gasteiger partial charge in [-0.25, -0.2) is 12.8 Å². The van der Waals surface area contributed by atoms with Crippen molar-refractivity contribution in [2.45, 2.75) is 11.8 Å². The monoisotopic (exact) mass is 413 g/mol. The third-order valence-electron chi connectivity index (χ3n) is 3.45. The maximum atomic E-state index is 13.0. The van der Waals surface area contributed by atoms with E-state index >= 15 is 0 Å². The number of hydrogen-bond acceptors (Lipinski definition) is 4. The molecule has 2 aromatic rings. The predicted octanol–water partition coefficient (Wildman–Crippen LogP) is 2.70. The standard InChI is InChI=1S/C17H17ClFN3O4S/c1-11(23)20-15-8-3-12(18)9-16(15)21-17(24)10-22(2)27(25,26)14-6-4-13(19)5-7-14/h3-9H,10H2,1-2H3,(H,20,23)(H,21,24). The number of amides is 2. The van der Waals surface area contributed by atoms with E-state index < -0.39 is 28.3 Å². The number of carbonyl (C=O) groups is 2.